The molecule has 0 aromatic heterocycles. The van der Waals surface area contributed by atoms with Gasteiger partial charge in [0.1, 0.15) is 9.84 Å². The van der Waals surface area contributed by atoms with Crippen LogP contribution >= 0.6 is 27.5 Å². The van der Waals surface area contributed by atoms with Gasteiger partial charge < -0.3 is 4.90 Å². The van der Waals surface area contributed by atoms with E-state index in [1.54, 1.807) is 0 Å². The van der Waals surface area contributed by atoms with E-state index in [1.165, 1.54) is 6.26 Å². The summed E-state index contributed by atoms with van der Waals surface area (Å²) in [4.78, 5) is 1.85. The van der Waals surface area contributed by atoms with Crippen molar-refractivity contribution in [3.63, 3.8) is 0 Å². The molecule has 1 rings (SSSR count). The first kappa shape index (κ1) is 14.8. The fourth-order valence-electron chi connectivity index (χ4n) is 1.37. The number of nitrogens with zero attached hydrogens (tertiary/aromatic N) is 1. The Morgan fingerprint density at radius 3 is 2.53 bits per heavy atom. The number of hydrogen-bond donors (Lipinski definition) is 0. The number of hydrogen-bond acceptors (Lipinski definition) is 3. The van der Waals surface area contributed by atoms with Crippen molar-refractivity contribution in [2.75, 3.05) is 30.5 Å². The lowest BCUT2D eigenvalue weighted by Gasteiger charge is -2.20. The zero-order chi connectivity index (χ0) is 13.1. The van der Waals surface area contributed by atoms with Gasteiger partial charge >= 0.3 is 0 Å². The van der Waals surface area contributed by atoms with E-state index < -0.39 is 9.84 Å². The highest BCUT2D eigenvalue weighted by atomic mass is 79.9. The SMILES string of the molecule is CN(CCS(C)(=O)=O)c1ccc(CBr)cc1Cl. The van der Waals surface area contributed by atoms with E-state index >= 15 is 0 Å². The van der Waals surface area contributed by atoms with Crippen molar-refractivity contribution >= 4 is 43.1 Å². The number of anilines is 1. The molecule has 17 heavy (non-hydrogen) atoms. The van der Waals surface area contributed by atoms with Crippen molar-refractivity contribution in [1.29, 1.82) is 0 Å². The van der Waals surface area contributed by atoms with Crippen LogP contribution in [0.4, 0.5) is 5.69 Å². The molecule has 96 valence electrons. The summed E-state index contributed by atoms with van der Waals surface area (Å²) >= 11 is 9.50. The van der Waals surface area contributed by atoms with Gasteiger partial charge in [-0.2, -0.15) is 0 Å². The smallest absolute Gasteiger partial charge is 0.149 e. The highest BCUT2D eigenvalue weighted by molar-refractivity contribution is 9.08. The number of benzene rings is 1. The minimum Gasteiger partial charge on any atom is -0.372 e. The molecule has 6 heteroatoms. The van der Waals surface area contributed by atoms with E-state index in [0.29, 0.717) is 11.6 Å². The van der Waals surface area contributed by atoms with Gasteiger partial charge in [0, 0.05) is 25.2 Å². The molecule has 0 saturated carbocycles. The van der Waals surface area contributed by atoms with Crippen LogP contribution in [0, 0.1) is 0 Å². The average Bonchev–Trinajstić information content (AvgIpc) is 2.24. The molecular formula is C11H15BrClNO2S. The Morgan fingerprint density at radius 1 is 1.41 bits per heavy atom. The Hall–Kier alpha value is -0.260. The minimum absolute atomic E-state index is 0.125. The Kier molecular flexibility index (Phi) is 5.28. The van der Waals surface area contributed by atoms with E-state index in [4.69, 9.17) is 11.6 Å². The molecule has 1 aromatic carbocycles. The molecule has 0 saturated heterocycles. The molecule has 0 spiro atoms. The molecule has 0 unspecified atom stereocenters. The third-order valence-electron chi connectivity index (χ3n) is 2.38. The van der Waals surface area contributed by atoms with E-state index in [9.17, 15) is 8.42 Å². The van der Waals surface area contributed by atoms with Gasteiger partial charge in [0.25, 0.3) is 0 Å². The molecule has 0 N–H and O–H groups in total. The molecule has 0 amide bonds. The van der Waals surface area contributed by atoms with Gasteiger partial charge in [-0.3, -0.25) is 0 Å². The molecular weight excluding hydrogens is 326 g/mol. The monoisotopic (exact) mass is 339 g/mol. The van der Waals surface area contributed by atoms with E-state index in [2.05, 4.69) is 15.9 Å². The molecule has 0 atom stereocenters. The van der Waals surface area contributed by atoms with Crippen LogP contribution in [0.1, 0.15) is 5.56 Å². The molecule has 0 fully saturated rings. The third kappa shape index (κ3) is 4.85. The highest BCUT2D eigenvalue weighted by Crippen LogP contribution is 2.26. The number of sulfone groups is 1. The predicted molar refractivity (Wildman–Crippen MR) is 77.1 cm³/mol. The van der Waals surface area contributed by atoms with Crippen LogP contribution < -0.4 is 4.90 Å². The molecule has 0 heterocycles. The number of halogens is 2. The highest BCUT2D eigenvalue weighted by Gasteiger charge is 2.09. The standard InChI is InChI=1S/C11H15BrClNO2S/c1-14(5-6-17(2,15)16)11-4-3-9(8-12)7-10(11)13/h3-4,7H,5-6,8H2,1-2H3. The van der Waals surface area contributed by atoms with Crippen molar-refractivity contribution in [3.8, 4) is 0 Å². The van der Waals surface area contributed by atoms with Crippen molar-refractivity contribution in [3.05, 3.63) is 28.8 Å². The number of rotatable bonds is 5. The summed E-state index contributed by atoms with van der Waals surface area (Å²) in [7, 11) is -1.11. The van der Waals surface area contributed by atoms with Crippen LogP contribution in [0.5, 0.6) is 0 Å². The maximum absolute atomic E-state index is 11.1. The third-order valence-corrected chi connectivity index (χ3v) is 4.25. The van der Waals surface area contributed by atoms with Crippen LogP contribution in [0.25, 0.3) is 0 Å². The molecule has 3 nitrogen and oxygen atoms in total. The van der Waals surface area contributed by atoms with Crippen molar-refractivity contribution in [2.24, 2.45) is 0 Å². The Labute approximate surface area is 116 Å². The van der Waals surface area contributed by atoms with Gasteiger partial charge in [-0.15, -0.1) is 0 Å². The van der Waals surface area contributed by atoms with Crippen LogP contribution in [0.15, 0.2) is 18.2 Å². The van der Waals surface area contributed by atoms with Crippen LogP contribution in [-0.2, 0) is 15.2 Å². The maximum atomic E-state index is 11.1. The first-order valence-electron chi connectivity index (χ1n) is 5.07. The minimum atomic E-state index is -2.95. The summed E-state index contributed by atoms with van der Waals surface area (Å²) in [6.45, 7) is 0.437. The van der Waals surface area contributed by atoms with Gasteiger partial charge in [0.05, 0.1) is 16.5 Å². The zero-order valence-electron chi connectivity index (χ0n) is 9.78. The zero-order valence-corrected chi connectivity index (χ0v) is 12.9. The molecule has 0 radical (unpaired) electrons. The Balaban J connectivity index is 2.79. The summed E-state index contributed by atoms with van der Waals surface area (Å²) in [5, 5.41) is 1.39. The fraction of sp³-hybridized carbons (Fsp3) is 0.455. The summed E-state index contributed by atoms with van der Waals surface area (Å²) in [5.41, 5.74) is 1.94. The second-order valence-corrected chi connectivity index (χ2v) is 7.20. The largest absolute Gasteiger partial charge is 0.372 e. The fourth-order valence-corrected chi connectivity index (χ4v) is 2.67. The first-order valence-corrected chi connectivity index (χ1v) is 8.63. The molecule has 1 aromatic rings. The summed E-state index contributed by atoms with van der Waals surface area (Å²) in [6, 6.07) is 5.75. The van der Waals surface area contributed by atoms with Gasteiger partial charge in [0.2, 0.25) is 0 Å². The van der Waals surface area contributed by atoms with E-state index in [-0.39, 0.29) is 5.75 Å². The van der Waals surface area contributed by atoms with Gasteiger partial charge in [0.15, 0.2) is 0 Å². The van der Waals surface area contributed by atoms with Crippen molar-refractivity contribution in [2.45, 2.75) is 5.33 Å². The van der Waals surface area contributed by atoms with Crippen LogP contribution in [0.2, 0.25) is 5.02 Å². The second-order valence-electron chi connectivity index (χ2n) is 3.97. The van der Waals surface area contributed by atoms with Gasteiger partial charge in [-0.25, -0.2) is 8.42 Å². The van der Waals surface area contributed by atoms with E-state index in [0.717, 1.165) is 16.6 Å². The molecule has 0 aliphatic heterocycles. The predicted octanol–water partition coefficient (Wildman–Crippen LogP) is 2.72. The second kappa shape index (κ2) is 6.07. The van der Waals surface area contributed by atoms with Gasteiger partial charge in [-0.05, 0) is 17.7 Å². The lowest BCUT2D eigenvalue weighted by molar-refractivity contribution is 0.601. The van der Waals surface area contributed by atoms with Crippen molar-refractivity contribution < 1.29 is 8.42 Å². The number of alkyl halides is 1. The maximum Gasteiger partial charge on any atom is 0.149 e. The Morgan fingerprint density at radius 2 is 2.06 bits per heavy atom. The summed E-state index contributed by atoms with van der Waals surface area (Å²) < 4.78 is 22.2. The molecule has 0 bridgehead atoms. The first-order chi connectivity index (χ1) is 7.83. The summed E-state index contributed by atoms with van der Waals surface area (Å²) in [5.74, 6) is 0.125. The average molecular weight is 341 g/mol. The lowest BCUT2D eigenvalue weighted by Crippen LogP contribution is -2.25. The molecule has 0 aliphatic carbocycles. The van der Waals surface area contributed by atoms with Crippen molar-refractivity contribution in [1.82, 2.24) is 0 Å². The quantitative estimate of drug-likeness (QED) is 0.774. The normalized spacial score (nSPS) is 11.5. The lowest BCUT2D eigenvalue weighted by atomic mass is 10.2. The summed E-state index contributed by atoms with van der Waals surface area (Å²) in [6.07, 6.45) is 1.23. The van der Waals surface area contributed by atoms with E-state index in [1.807, 2.05) is 30.1 Å². The van der Waals surface area contributed by atoms with Crippen LogP contribution in [-0.4, -0.2) is 34.0 Å². The van der Waals surface area contributed by atoms with Gasteiger partial charge in [-0.1, -0.05) is 33.6 Å². The molecule has 0 aliphatic rings. The Bertz CT molecular complexity index is 490. The topological polar surface area (TPSA) is 37.4 Å². The van der Waals surface area contributed by atoms with Crippen LogP contribution in [0.3, 0.4) is 0 Å².